The average Bonchev–Trinajstić information content (AvgIpc) is 3.15. The van der Waals surface area contributed by atoms with Crippen molar-refractivity contribution in [2.75, 3.05) is 12.4 Å². The van der Waals surface area contributed by atoms with Crippen molar-refractivity contribution in [2.24, 2.45) is 5.92 Å². The zero-order chi connectivity index (χ0) is 26.7. The van der Waals surface area contributed by atoms with Crippen molar-refractivity contribution >= 4 is 17.5 Å². The predicted molar refractivity (Wildman–Crippen MR) is 138 cm³/mol. The summed E-state index contributed by atoms with van der Waals surface area (Å²) in [5.41, 5.74) is 2.79. The first kappa shape index (κ1) is 24.2. The maximum Gasteiger partial charge on any atom is 0.253 e. The van der Waals surface area contributed by atoms with Crippen LogP contribution < -0.4 is 10.6 Å². The fourth-order valence-corrected chi connectivity index (χ4v) is 5.71. The molecule has 0 saturated heterocycles. The second-order valence-corrected chi connectivity index (χ2v) is 10.4. The fraction of sp³-hybridized carbons (Fsp3) is 0.370. The lowest BCUT2D eigenvalue weighted by molar-refractivity contribution is -0.160. The number of aryl methyl sites for hydroxylation is 2. The molecule has 2 fully saturated rings. The molecule has 2 aliphatic carbocycles. The maximum absolute atomic E-state index is 13.5. The third-order valence-corrected chi connectivity index (χ3v) is 7.81. The minimum Gasteiger partial charge on any atom is -0.368 e. The number of amides is 1. The highest BCUT2D eigenvalue weighted by Crippen LogP contribution is 2.73. The molecule has 6 rings (SSSR count). The molecule has 10 nitrogen and oxygen atoms in total. The molecule has 4 aromatic heterocycles. The lowest BCUT2D eigenvalue weighted by Crippen LogP contribution is -2.59. The van der Waals surface area contributed by atoms with Gasteiger partial charge in [0.25, 0.3) is 5.91 Å². The van der Waals surface area contributed by atoms with Crippen LogP contribution in [0.5, 0.6) is 0 Å². The number of anilines is 2. The van der Waals surface area contributed by atoms with Crippen LogP contribution >= 0.6 is 0 Å². The summed E-state index contributed by atoms with van der Waals surface area (Å²) in [6.07, 6.45) is 5.46. The number of nitrogens with zero attached hydrogens (tertiary/aromatic N) is 5. The van der Waals surface area contributed by atoms with E-state index >= 15 is 0 Å². The lowest BCUT2D eigenvalue weighted by atomic mass is 9.68. The Hall–Kier alpha value is -4.12. The van der Waals surface area contributed by atoms with E-state index in [0.717, 1.165) is 41.0 Å². The number of fused-ring (bicyclic) bond motifs is 1. The van der Waals surface area contributed by atoms with E-state index < -0.39 is 11.4 Å². The van der Waals surface area contributed by atoms with Gasteiger partial charge in [-0.05, 0) is 62.9 Å². The van der Waals surface area contributed by atoms with Gasteiger partial charge < -0.3 is 15.4 Å². The quantitative estimate of drug-likeness (QED) is 0.325. The molecule has 1 amide bonds. The van der Waals surface area contributed by atoms with Gasteiger partial charge >= 0.3 is 0 Å². The van der Waals surface area contributed by atoms with Crippen LogP contribution in [0.2, 0.25) is 0 Å². The van der Waals surface area contributed by atoms with Gasteiger partial charge in [-0.15, -0.1) is 0 Å². The van der Waals surface area contributed by atoms with Crippen LogP contribution in [-0.2, 0) is 14.9 Å². The van der Waals surface area contributed by atoms with Gasteiger partial charge in [-0.25, -0.2) is 19.0 Å². The first-order valence-corrected chi connectivity index (χ1v) is 12.5. The van der Waals surface area contributed by atoms with Crippen molar-refractivity contribution in [3.05, 3.63) is 77.3 Å². The van der Waals surface area contributed by atoms with Gasteiger partial charge in [0.05, 0.1) is 18.4 Å². The summed E-state index contributed by atoms with van der Waals surface area (Å²) in [7, 11) is 1.60. The molecule has 1 unspecified atom stereocenters. The van der Waals surface area contributed by atoms with Crippen LogP contribution in [0.1, 0.15) is 48.3 Å². The Morgan fingerprint density at radius 2 is 2.08 bits per heavy atom. The van der Waals surface area contributed by atoms with Crippen LogP contribution in [0.3, 0.4) is 0 Å². The molecular weight excluding hydrogens is 487 g/mol. The number of H-pyrrole nitrogens is 1. The Balaban J connectivity index is 1.15. The Bertz CT molecular complexity index is 1520. The first-order valence-electron chi connectivity index (χ1n) is 12.5. The van der Waals surface area contributed by atoms with Gasteiger partial charge in [0.2, 0.25) is 0 Å². The van der Waals surface area contributed by atoms with Gasteiger partial charge in [-0.2, -0.15) is 10.2 Å². The van der Waals surface area contributed by atoms with E-state index in [9.17, 15) is 9.18 Å². The molecule has 2 aliphatic rings. The Morgan fingerprint density at radius 3 is 2.71 bits per heavy atom. The molecule has 0 radical (unpaired) electrons. The highest BCUT2D eigenvalue weighted by Gasteiger charge is 2.79. The summed E-state index contributed by atoms with van der Waals surface area (Å²) < 4.78 is 20.5. The Kier molecular flexibility index (Phi) is 5.56. The maximum atomic E-state index is 13.5. The average molecular weight is 517 g/mol. The number of rotatable bonds is 8. The monoisotopic (exact) mass is 516 g/mol. The number of pyridine rings is 2. The highest BCUT2D eigenvalue weighted by molar-refractivity contribution is 5.89. The summed E-state index contributed by atoms with van der Waals surface area (Å²) in [5.74, 6) is 1.42. The van der Waals surface area contributed by atoms with E-state index in [1.165, 1.54) is 10.9 Å². The third kappa shape index (κ3) is 3.94. The zero-order valence-electron chi connectivity index (χ0n) is 21.6. The van der Waals surface area contributed by atoms with Crippen LogP contribution in [0.15, 0.2) is 48.9 Å². The number of hydrogen-bond acceptors (Lipinski definition) is 7. The summed E-state index contributed by atoms with van der Waals surface area (Å²) in [6.45, 7) is 5.89. The lowest BCUT2D eigenvalue weighted by Gasteiger charge is -2.44. The summed E-state index contributed by atoms with van der Waals surface area (Å²) in [4.78, 5) is 22.7. The molecule has 0 aromatic carbocycles. The van der Waals surface area contributed by atoms with Gasteiger partial charge in [-0.3, -0.25) is 9.89 Å². The number of methoxy groups -OCH3 is 1. The molecule has 3 N–H and O–H groups in total. The number of carbonyl (C=O) groups excluding carboxylic acids is 1. The van der Waals surface area contributed by atoms with E-state index in [2.05, 4.69) is 37.0 Å². The summed E-state index contributed by atoms with van der Waals surface area (Å²) in [6, 6.07) is 9.31. The van der Waals surface area contributed by atoms with Crippen molar-refractivity contribution in [1.82, 2.24) is 35.3 Å². The molecule has 4 aromatic rings. The van der Waals surface area contributed by atoms with Crippen molar-refractivity contribution in [3.63, 3.8) is 0 Å². The Labute approximate surface area is 219 Å². The van der Waals surface area contributed by atoms with E-state index in [1.807, 2.05) is 39.0 Å². The van der Waals surface area contributed by atoms with E-state index in [1.54, 1.807) is 19.4 Å². The number of carbonyl (C=O) groups is 1. The van der Waals surface area contributed by atoms with Crippen molar-refractivity contribution in [1.29, 1.82) is 0 Å². The smallest absolute Gasteiger partial charge is 0.253 e. The minimum atomic E-state index is -0.896. The second-order valence-electron chi connectivity index (χ2n) is 10.4. The fourth-order valence-electron chi connectivity index (χ4n) is 5.71. The first-order chi connectivity index (χ1) is 18.2. The number of hydrogen-bond donors (Lipinski definition) is 3. The largest absolute Gasteiger partial charge is 0.368 e. The molecule has 196 valence electrons. The second kappa shape index (κ2) is 8.73. The minimum absolute atomic E-state index is 0.0530. The summed E-state index contributed by atoms with van der Waals surface area (Å²) >= 11 is 0. The number of aromatic nitrogens is 6. The van der Waals surface area contributed by atoms with Crippen molar-refractivity contribution in [2.45, 2.75) is 50.7 Å². The third-order valence-electron chi connectivity index (χ3n) is 7.81. The molecule has 4 heterocycles. The normalized spacial score (nSPS) is 24.3. The van der Waals surface area contributed by atoms with Gasteiger partial charge in [0.1, 0.15) is 5.82 Å². The van der Waals surface area contributed by atoms with E-state index in [4.69, 9.17) is 9.72 Å². The molecule has 4 atom stereocenters. The zero-order valence-corrected chi connectivity index (χ0v) is 21.6. The van der Waals surface area contributed by atoms with Crippen molar-refractivity contribution < 1.29 is 13.9 Å². The molecule has 0 aliphatic heterocycles. The standard InChI is InChI=1S/C27H29FN8O2/c1-15-7-21(32-22(8-15)33-23-9-16(2)34-35-23)26-10-20(26)27(14-26,38-4)25(37)31-17(3)18-5-6-24(29-11-18)36-13-19(28)12-30-36/h5-9,11-13,17,20H,10,14H2,1-4H3,(H,31,37)(H2,32,33,34,35)/t17-,20?,26+,27-/m0/s1. The van der Waals surface area contributed by atoms with Crippen LogP contribution in [-0.4, -0.2) is 48.6 Å². The van der Waals surface area contributed by atoms with Gasteiger partial charge in [0, 0.05) is 42.1 Å². The van der Waals surface area contributed by atoms with Crippen LogP contribution in [0.4, 0.5) is 16.0 Å². The van der Waals surface area contributed by atoms with E-state index in [-0.39, 0.29) is 23.3 Å². The molecule has 0 bridgehead atoms. The number of halogens is 1. The van der Waals surface area contributed by atoms with Crippen molar-refractivity contribution in [3.8, 4) is 5.82 Å². The highest BCUT2D eigenvalue weighted by atomic mass is 19.1. The van der Waals surface area contributed by atoms with E-state index in [0.29, 0.717) is 18.1 Å². The number of ether oxygens (including phenoxy) is 1. The molecule has 0 spiro atoms. The van der Waals surface area contributed by atoms with Crippen LogP contribution in [0, 0.1) is 25.6 Å². The molecule has 2 saturated carbocycles. The predicted octanol–water partition coefficient (Wildman–Crippen LogP) is 3.81. The molecule has 38 heavy (non-hydrogen) atoms. The Morgan fingerprint density at radius 1 is 1.24 bits per heavy atom. The van der Waals surface area contributed by atoms with Gasteiger partial charge in [0.15, 0.2) is 23.1 Å². The van der Waals surface area contributed by atoms with Gasteiger partial charge in [-0.1, -0.05) is 6.07 Å². The number of nitrogens with one attached hydrogen (secondary N) is 3. The van der Waals surface area contributed by atoms with Crippen LogP contribution in [0.25, 0.3) is 5.82 Å². The summed E-state index contributed by atoms with van der Waals surface area (Å²) in [5, 5.41) is 17.5. The topological polar surface area (TPSA) is 123 Å². The molecular formula is C27H29FN8O2. The molecule has 11 heteroatoms. The number of aromatic amines is 1. The SMILES string of the molecule is CO[C@@]1(C(=O)N[C@@H](C)c2ccc(-n3cc(F)cn3)nc2)C[C@]2(c3cc(C)cc(Nc4cc(C)[nH]n4)n3)CC21.